The van der Waals surface area contributed by atoms with Crippen LogP contribution < -0.4 is 0 Å². The fourth-order valence-corrected chi connectivity index (χ4v) is 6.09. The molecule has 1 saturated heterocycles. The molecule has 8 heteroatoms. The average Bonchev–Trinajstić information content (AvgIpc) is 3.10. The van der Waals surface area contributed by atoms with Crippen LogP contribution in [-0.2, 0) is 26.3 Å². The minimum absolute atomic E-state index is 0.00602. The maximum Gasteiger partial charge on any atom is 0.244 e. The van der Waals surface area contributed by atoms with Crippen LogP contribution in [0.3, 0.4) is 0 Å². The van der Waals surface area contributed by atoms with Crippen LogP contribution in [0.4, 0.5) is 0 Å². The van der Waals surface area contributed by atoms with Gasteiger partial charge >= 0.3 is 0 Å². The van der Waals surface area contributed by atoms with Crippen molar-refractivity contribution in [3.05, 3.63) is 47.4 Å². The van der Waals surface area contributed by atoms with Gasteiger partial charge < -0.3 is 4.42 Å². The molecule has 1 atom stereocenters. The molecule has 0 bridgehead atoms. The zero-order chi connectivity index (χ0) is 19.8. The van der Waals surface area contributed by atoms with Crippen LogP contribution in [0.5, 0.6) is 0 Å². The Morgan fingerprint density at radius 1 is 1.11 bits per heavy atom. The predicted octanol–water partition coefficient (Wildman–Crippen LogP) is 3.47. The fourth-order valence-electron chi connectivity index (χ4n) is 3.46. The molecule has 0 spiro atoms. The van der Waals surface area contributed by atoms with E-state index in [1.54, 1.807) is 13.0 Å². The molecule has 0 radical (unpaired) electrons. The number of sulfone groups is 1. The Labute approximate surface area is 161 Å². The van der Waals surface area contributed by atoms with Crippen LogP contribution in [0, 0.1) is 6.92 Å². The molecule has 1 aromatic carbocycles. The van der Waals surface area contributed by atoms with Crippen molar-refractivity contribution < 1.29 is 21.3 Å². The lowest BCUT2D eigenvalue weighted by Crippen LogP contribution is -2.38. The number of piperidine rings is 1. The number of sulfonamides is 1. The molecule has 0 N–H and O–H groups in total. The van der Waals surface area contributed by atoms with Crippen LogP contribution in [0.1, 0.15) is 49.3 Å². The van der Waals surface area contributed by atoms with E-state index in [9.17, 15) is 16.8 Å². The van der Waals surface area contributed by atoms with Gasteiger partial charge in [0.1, 0.15) is 11.5 Å². The molecular weight excluding hydrogens is 386 g/mol. The summed E-state index contributed by atoms with van der Waals surface area (Å²) in [6.07, 6.45) is 4.19. The van der Waals surface area contributed by atoms with E-state index < -0.39 is 19.9 Å². The van der Waals surface area contributed by atoms with Gasteiger partial charge in [0.25, 0.3) is 0 Å². The zero-order valence-electron chi connectivity index (χ0n) is 15.8. The molecule has 0 saturated carbocycles. The summed E-state index contributed by atoms with van der Waals surface area (Å²) in [4.78, 5) is 0.0473. The van der Waals surface area contributed by atoms with Gasteiger partial charge in [0.15, 0.2) is 9.84 Å². The van der Waals surface area contributed by atoms with Crippen molar-refractivity contribution >= 4 is 19.9 Å². The maximum absolute atomic E-state index is 13.4. The molecule has 148 valence electrons. The highest BCUT2D eigenvalue weighted by Crippen LogP contribution is 2.37. The van der Waals surface area contributed by atoms with Crippen molar-refractivity contribution in [1.29, 1.82) is 0 Å². The van der Waals surface area contributed by atoms with E-state index in [-0.39, 0.29) is 15.8 Å². The predicted molar refractivity (Wildman–Crippen MR) is 103 cm³/mol. The molecule has 1 aromatic heterocycles. The van der Waals surface area contributed by atoms with E-state index in [4.69, 9.17) is 4.42 Å². The fraction of sp³-hybridized carbons (Fsp3) is 0.474. The van der Waals surface area contributed by atoms with Gasteiger partial charge in [0, 0.05) is 19.2 Å². The minimum atomic E-state index is -3.86. The van der Waals surface area contributed by atoms with Crippen molar-refractivity contribution in [2.24, 2.45) is 0 Å². The molecule has 1 fully saturated rings. The number of hydrogen-bond acceptors (Lipinski definition) is 5. The van der Waals surface area contributed by atoms with E-state index in [0.29, 0.717) is 24.3 Å². The molecule has 0 unspecified atom stereocenters. The molecule has 3 rings (SSSR count). The van der Waals surface area contributed by atoms with Gasteiger partial charge in [0.05, 0.1) is 15.8 Å². The number of furan rings is 1. The topological polar surface area (TPSA) is 84.7 Å². The zero-order valence-corrected chi connectivity index (χ0v) is 17.4. The highest BCUT2D eigenvalue weighted by molar-refractivity contribution is 7.91. The number of benzene rings is 1. The van der Waals surface area contributed by atoms with Gasteiger partial charge in [-0.2, -0.15) is 4.31 Å². The first-order valence-electron chi connectivity index (χ1n) is 9.05. The summed E-state index contributed by atoms with van der Waals surface area (Å²) >= 11 is 0. The highest BCUT2D eigenvalue weighted by atomic mass is 32.2. The Hall–Kier alpha value is -1.64. The van der Waals surface area contributed by atoms with E-state index in [2.05, 4.69) is 0 Å². The minimum Gasteiger partial charge on any atom is -0.464 e. The van der Waals surface area contributed by atoms with Gasteiger partial charge in [0.2, 0.25) is 10.0 Å². The quantitative estimate of drug-likeness (QED) is 0.752. The van der Waals surface area contributed by atoms with Crippen LogP contribution in [0.15, 0.2) is 44.5 Å². The van der Waals surface area contributed by atoms with Crippen molar-refractivity contribution in [3.63, 3.8) is 0 Å². The smallest absolute Gasteiger partial charge is 0.244 e. The third-order valence-corrected chi connectivity index (χ3v) is 8.15. The second-order valence-corrected chi connectivity index (χ2v) is 10.9. The largest absolute Gasteiger partial charge is 0.464 e. The van der Waals surface area contributed by atoms with Crippen molar-refractivity contribution in [3.8, 4) is 0 Å². The number of hydrogen-bond donors (Lipinski definition) is 0. The first-order valence-corrected chi connectivity index (χ1v) is 12.4. The molecular formula is C19H25NO5S2. The Kier molecular flexibility index (Phi) is 5.52. The summed E-state index contributed by atoms with van der Waals surface area (Å²) in [6.45, 7) is 4.05. The molecule has 0 amide bonds. The second-order valence-electron chi connectivity index (χ2n) is 6.98. The van der Waals surface area contributed by atoms with E-state index in [0.717, 1.165) is 31.3 Å². The summed E-state index contributed by atoms with van der Waals surface area (Å²) in [6, 6.07) is 7.61. The monoisotopic (exact) mass is 411 g/mol. The highest BCUT2D eigenvalue weighted by Gasteiger charge is 2.37. The summed E-state index contributed by atoms with van der Waals surface area (Å²) in [7, 11) is -7.36. The summed E-state index contributed by atoms with van der Waals surface area (Å²) in [5.74, 6) is 1.47. The molecule has 2 heterocycles. The van der Waals surface area contributed by atoms with Crippen LogP contribution in [0.2, 0.25) is 0 Å². The SMILES string of the molecule is CCc1ccc([C@@H]2CCCCN2S(=O)(=O)c2cc(S(C)(=O)=O)ccc2C)o1. The van der Waals surface area contributed by atoms with Gasteiger partial charge in [-0.3, -0.25) is 0 Å². The summed E-state index contributed by atoms with van der Waals surface area (Å²) in [5, 5.41) is 0. The second kappa shape index (κ2) is 7.41. The van der Waals surface area contributed by atoms with Crippen molar-refractivity contribution in [2.75, 3.05) is 12.8 Å². The van der Waals surface area contributed by atoms with Crippen LogP contribution in [-0.4, -0.2) is 33.9 Å². The molecule has 6 nitrogen and oxygen atoms in total. The third kappa shape index (κ3) is 3.97. The Bertz CT molecular complexity index is 1040. The summed E-state index contributed by atoms with van der Waals surface area (Å²) < 4.78 is 58.0. The van der Waals surface area contributed by atoms with E-state index >= 15 is 0 Å². The lowest BCUT2D eigenvalue weighted by atomic mass is 10.0. The molecule has 0 aliphatic carbocycles. The Morgan fingerprint density at radius 3 is 2.48 bits per heavy atom. The lowest BCUT2D eigenvalue weighted by molar-refractivity contribution is 0.223. The van der Waals surface area contributed by atoms with Crippen molar-refractivity contribution in [1.82, 2.24) is 4.31 Å². The Morgan fingerprint density at radius 2 is 1.85 bits per heavy atom. The number of aryl methyl sites for hydroxylation is 2. The first kappa shape index (κ1) is 20.1. The lowest BCUT2D eigenvalue weighted by Gasteiger charge is -2.33. The maximum atomic E-state index is 13.4. The van der Waals surface area contributed by atoms with Gasteiger partial charge in [-0.25, -0.2) is 16.8 Å². The molecule has 1 aliphatic heterocycles. The first-order chi connectivity index (χ1) is 12.6. The molecule has 27 heavy (non-hydrogen) atoms. The van der Waals surface area contributed by atoms with Gasteiger partial charge in [-0.1, -0.05) is 19.4 Å². The van der Waals surface area contributed by atoms with Crippen LogP contribution >= 0.6 is 0 Å². The van der Waals surface area contributed by atoms with Crippen LogP contribution in [0.25, 0.3) is 0 Å². The van der Waals surface area contributed by atoms with Crippen molar-refractivity contribution in [2.45, 2.75) is 55.4 Å². The third-order valence-electron chi connectivity index (χ3n) is 4.99. The molecule has 1 aliphatic rings. The Balaban J connectivity index is 2.06. The van der Waals surface area contributed by atoms with Gasteiger partial charge in [-0.15, -0.1) is 0 Å². The standard InChI is InChI=1S/C19H25NO5S2/c1-4-15-9-11-18(25-15)17-7-5-6-12-20(17)27(23,24)19-13-16(26(3,21)22)10-8-14(19)2/h8-11,13,17H,4-7,12H2,1-3H3/t17-/m0/s1. The van der Waals surface area contributed by atoms with E-state index in [1.807, 2.05) is 19.1 Å². The summed E-state index contributed by atoms with van der Waals surface area (Å²) in [5.41, 5.74) is 0.528. The van der Waals surface area contributed by atoms with E-state index in [1.165, 1.54) is 16.4 Å². The molecule has 2 aromatic rings. The number of nitrogens with zero attached hydrogens (tertiary/aromatic N) is 1. The average molecular weight is 412 g/mol. The number of rotatable bonds is 5. The van der Waals surface area contributed by atoms with Gasteiger partial charge in [-0.05, 0) is 49.6 Å². The normalized spacial score (nSPS) is 19.3.